The summed E-state index contributed by atoms with van der Waals surface area (Å²) in [6.07, 6.45) is -2.68. The number of ether oxygens (including phenoxy) is 1. The van der Waals surface area contributed by atoms with Gasteiger partial charge in [0.15, 0.2) is 0 Å². The predicted octanol–water partition coefficient (Wildman–Crippen LogP) is 4.07. The molecule has 13 heteroatoms. The largest absolute Gasteiger partial charge is 0.471 e. The molecule has 4 heterocycles. The van der Waals surface area contributed by atoms with Gasteiger partial charge in [-0.2, -0.15) is 18.2 Å². The molecule has 1 amide bonds. The van der Waals surface area contributed by atoms with Crippen molar-refractivity contribution in [1.29, 1.82) is 0 Å². The fourth-order valence-electron chi connectivity index (χ4n) is 5.84. The van der Waals surface area contributed by atoms with Gasteiger partial charge in [-0.3, -0.25) is 18.8 Å². The number of aromatic nitrogens is 4. The number of carbonyl (C=O) groups is 1. The van der Waals surface area contributed by atoms with Gasteiger partial charge in [0.1, 0.15) is 0 Å². The molecule has 0 saturated carbocycles. The maximum Gasteiger partial charge on any atom is 0.471 e. The maximum atomic E-state index is 13.7. The van der Waals surface area contributed by atoms with Gasteiger partial charge >= 0.3 is 17.8 Å². The summed E-state index contributed by atoms with van der Waals surface area (Å²) in [5.74, 6) is -1.92. The van der Waals surface area contributed by atoms with Crippen molar-refractivity contribution in [1.82, 2.24) is 29.1 Å². The number of piperidine rings is 1. The second-order valence-corrected chi connectivity index (χ2v) is 10.6. The quantitative estimate of drug-likeness (QED) is 0.323. The number of para-hydroxylation sites is 2. The van der Waals surface area contributed by atoms with Crippen LogP contribution in [-0.4, -0.2) is 80.9 Å². The summed E-state index contributed by atoms with van der Waals surface area (Å²) in [6, 6.07) is 13.9. The third kappa shape index (κ3) is 5.71. The number of morpholine rings is 1. The van der Waals surface area contributed by atoms with Crippen LogP contribution in [0.3, 0.4) is 0 Å². The zero-order valence-electron chi connectivity index (χ0n) is 22.9. The van der Waals surface area contributed by atoms with E-state index < -0.39 is 12.1 Å². The molecule has 4 aromatic rings. The first-order chi connectivity index (χ1) is 20.3. The smallest absolute Gasteiger partial charge is 0.379 e. The number of nitrogens with zero attached hydrogens (tertiary/aromatic N) is 6. The molecule has 6 rings (SSSR count). The van der Waals surface area contributed by atoms with E-state index in [-0.39, 0.29) is 29.0 Å². The number of rotatable bonds is 7. The Morgan fingerprint density at radius 2 is 1.69 bits per heavy atom. The first kappa shape index (κ1) is 28.2. The Hall–Kier alpha value is -3.97. The summed E-state index contributed by atoms with van der Waals surface area (Å²) in [5.41, 5.74) is 2.34. The fourth-order valence-corrected chi connectivity index (χ4v) is 5.84. The van der Waals surface area contributed by atoms with Gasteiger partial charge in [0, 0.05) is 56.4 Å². The summed E-state index contributed by atoms with van der Waals surface area (Å²) in [7, 11) is 0. The lowest BCUT2D eigenvalue weighted by atomic mass is 10.0. The van der Waals surface area contributed by atoms with Gasteiger partial charge in [-0.1, -0.05) is 29.4 Å². The van der Waals surface area contributed by atoms with E-state index in [9.17, 15) is 22.8 Å². The lowest BCUT2D eigenvalue weighted by molar-refractivity contribution is -0.159. The highest BCUT2D eigenvalue weighted by Crippen LogP contribution is 2.30. The molecule has 222 valence electrons. The molecule has 42 heavy (non-hydrogen) atoms. The predicted molar refractivity (Wildman–Crippen MR) is 147 cm³/mol. The van der Waals surface area contributed by atoms with Crippen LogP contribution >= 0.6 is 0 Å². The first-order valence-corrected chi connectivity index (χ1v) is 14.1. The number of benzene rings is 2. The van der Waals surface area contributed by atoms with E-state index in [1.54, 1.807) is 17.0 Å². The molecule has 2 aromatic carbocycles. The van der Waals surface area contributed by atoms with E-state index in [0.717, 1.165) is 50.3 Å². The van der Waals surface area contributed by atoms with Crippen LogP contribution in [0.1, 0.15) is 41.6 Å². The topological polar surface area (TPSA) is 98.6 Å². The molecule has 2 aromatic heterocycles. The molecule has 2 fully saturated rings. The molecule has 0 aliphatic carbocycles. The fraction of sp³-hybridized carbons (Fsp3) is 0.448. The van der Waals surface area contributed by atoms with Gasteiger partial charge in [-0.25, -0.2) is 4.79 Å². The third-order valence-electron chi connectivity index (χ3n) is 7.98. The Kier molecular flexibility index (Phi) is 7.86. The second-order valence-electron chi connectivity index (χ2n) is 10.6. The van der Waals surface area contributed by atoms with E-state index in [2.05, 4.69) is 19.6 Å². The lowest BCUT2D eigenvalue weighted by Gasteiger charge is -2.32. The highest BCUT2D eigenvalue weighted by molar-refractivity contribution is 5.95. The van der Waals surface area contributed by atoms with Crippen LogP contribution in [0.25, 0.3) is 22.4 Å². The zero-order valence-corrected chi connectivity index (χ0v) is 22.9. The molecule has 2 aliphatic rings. The Morgan fingerprint density at radius 1 is 0.952 bits per heavy atom. The van der Waals surface area contributed by atoms with Gasteiger partial charge in [0.25, 0.3) is 5.91 Å². The molecular weight excluding hydrogens is 553 g/mol. The van der Waals surface area contributed by atoms with Crippen molar-refractivity contribution in [2.45, 2.75) is 38.0 Å². The van der Waals surface area contributed by atoms with Crippen molar-refractivity contribution in [3.63, 3.8) is 0 Å². The molecule has 0 radical (unpaired) electrons. The number of likely N-dealkylation sites (tertiary alicyclic amines) is 1. The number of hydrogen-bond donors (Lipinski definition) is 0. The number of aryl methyl sites for hydroxylation is 1. The summed E-state index contributed by atoms with van der Waals surface area (Å²) in [4.78, 5) is 34.5. The average molecular weight is 585 g/mol. The number of alkyl halides is 3. The Labute approximate surface area is 239 Å². The van der Waals surface area contributed by atoms with Gasteiger partial charge in [-0.15, -0.1) is 0 Å². The molecule has 0 unspecified atom stereocenters. The van der Waals surface area contributed by atoms with E-state index in [4.69, 9.17) is 4.74 Å². The van der Waals surface area contributed by atoms with E-state index in [1.165, 1.54) is 12.1 Å². The van der Waals surface area contributed by atoms with Gasteiger partial charge in [0.2, 0.25) is 5.82 Å². The van der Waals surface area contributed by atoms with Crippen molar-refractivity contribution >= 4 is 16.9 Å². The number of imidazole rings is 1. The first-order valence-electron chi connectivity index (χ1n) is 14.1. The summed E-state index contributed by atoms with van der Waals surface area (Å²) in [6.45, 7) is 5.73. The van der Waals surface area contributed by atoms with Crippen molar-refractivity contribution in [3.8, 4) is 11.4 Å². The number of halogens is 3. The maximum absolute atomic E-state index is 13.7. The highest BCUT2D eigenvalue weighted by Gasteiger charge is 2.38. The molecule has 0 spiro atoms. The molecule has 0 bridgehead atoms. The van der Waals surface area contributed by atoms with Crippen LogP contribution in [0, 0.1) is 0 Å². The zero-order chi connectivity index (χ0) is 29.3. The van der Waals surface area contributed by atoms with E-state index in [0.29, 0.717) is 38.0 Å². The van der Waals surface area contributed by atoms with E-state index in [1.807, 2.05) is 33.4 Å². The van der Waals surface area contributed by atoms with Crippen LogP contribution < -0.4 is 5.69 Å². The van der Waals surface area contributed by atoms with Crippen molar-refractivity contribution in [3.05, 3.63) is 70.5 Å². The number of carbonyl (C=O) groups excluding carboxylic acids is 1. The second kappa shape index (κ2) is 11.7. The van der Waals surface area contributed by atoms with Gasteiger partial charge in [0.05, 0.1) is 24.2 Å². The molecular formula is C29H31F3N6O4. The number of fused-ring (bicyclic) bond motifs is 1. The van der Waals surface area contributed by atoms with Crippen LogP contribution in [0.15, 0.2) is 57.8 Å². The minimum absolute atomic E-state index is 0.0333. The number of amides is 1. The normalized spacial score (nSPS) is 17.3. The van der Waals surface area contributed by atoms with Crippen LogP contribution in [0.4, 0.5) is 13.2 Å². The Morgan fingerprint density at radius 3 is 2.40 bits per heavy atom. The minimum atomic E-state index is -4.75. The molecule has 2 aliphatic heterocycles. The number of hydrogen-bond acceptors (Lipinski definition) is 7. The minimum Gasteiger partial charge on any atom is -0.379 e. The summed E-state index contributed by atoms with van der Waals surface area (Å²) in [5, 5.41) is 3.41. The van der Waals surface area contributed by atoms with Crippen LogP contribution in [0.5, 0.6) is 0 Å². The van der Waals surface area contributed by atoms with Crippen LogP contribution in [0.2, 0.25) is 0 Å². The Bertz CT molecular complexity index is 1610. The van der Waals surface area contributed by atoms with Gasteiger partial charge in [-0.05, 0) is 43.5 Å². The average Bonchev–Trinajstić information content (AvgIpc) is 3.62. The highest BCUT2D eigenvalue weighted by atomic mass is 19.4. The SMILES string of the molecule is O=C(c1cccc(-c2noc(C(F)(F)F)n2)c1)N1CCC(n2c(=O)n(CCCN3CCOCC3)c3ccccc32)CC1. The molecule has 10 nitrogen and oxygen atoms in total. The molecule has 0 N–H and O–H groups in total. The van der Waals surface area contributed by atoms with Crippen molar-refractivity contribution in [2.24, 2.45) is 0 Å². The van der Waals surface area contributed by atoms with E-state index >= 15 is 0 Å². The molecule has 2 saturated heterocycles. The monoisotopic (exact) mass is 584 g/mol. The van der Waals surface area contributed by atoms with Crippen LogP contribution in [-0.2, 0) is 17.5 Å². The Balaban J connectivity index is 1.14. The summed E-state index contributed by atoms with van der Waals surface area (Å²) >= 11 is 0. The molecule has 0 atom stereocenters. The lowest BCUT2D eigenvalue weighted by Crippen LogP contribution is -2.41. The van der Waals surface area contributed by atoms with Gasteiger partial charge < -0.3 is 14.2 Å². The summed E-state index contributed by atoms with van der Waals surface area (Å²) < 4.78 is 52.1. The van der Waals surface area contributed by atoms with Crippen molar-refractivity contribution < 1.29 is 27.2 Å². The standard InChI is InChI=1S/C29H31F3N6O4/c30-29(31,32)27-33-25(34-42-27)20-5-3-6-21(19-20)26(39)36-13-9-22(10-14-36)38-24-8-2-1-7-23(24)37(28(38)40)12-4-11-35-15-17-41-18-16-35/h1-3,5-8,19,22H,4,9-18H2. The van der Waals surface area contributed by atoms with Crippen molar-refractivity contribution in [2.75, 3.05) is 45.9 Å². The third-order valence-corrected chi connectivity index (χ3v) is 7.98.